The molecule has 0 spiro atoms. The van der Waals surface area contributed by atoms with Gasteiger partial charge >= 0.3 is 0 Å². The number of para-hydroxylation sites is 1. The highest BCUT2D eigenvalue weighted by Gasteiger charge is 2.39. The zero-order chi connectivity index (χ0) is 23.0. The number of amides is 2. The van der Waals surface area contributed by atoms with E-state index in [1.807, 2.05) is 60.7 Å². The fraction of sp³-hybridized carbons (Fsp3) is 0.192. The molecular weight excluding hydrogens is 437 g/mol. The summed E-state index contributed by atoms with van der Waals surface area (Å²) < 4.78 is 13.3. The molecule has 33 heavy (non-hydrogen) atoms. The first kappa shape index (κ1) is 22.7. The zero-order valence-corrected chi connectivity index (χ0v) is 18.8. The molecule has 0 bridgehead atoms. The molecule has 1 aliphatic heterocycles. The number of aliphatic imine (C=N–C) groups is 1. The first-order chi connectivity index (χ1) is 16.1. The van der Waals surface area contributed by atoms with Gasteiger partial charge in [-0.1, -0.05) is 72.4 Å². The molecule has 7 heteroatoms. The number of carbonyl (C=O) groups is 2. The predicted octanol–water partition coefficient (Wildman–Crippen LogP) is 4.71. The Balaban J connectivity index is 1.43. The number of amidine groups is 1. The topological polar surface area (TPSA) is 61.8 Å². The lowest BCUT2D eigenvalue weighted by Crippen LogP contribution is -2.34. The van der Waals surface area contributed by atoms with Crippen LogP contribution >= 0.6 is 11.8 Å². The Morgan fingerprint density at radius 3 is 2.30 bits per heavy atom. The van der Waals surface area contributed by atoms with E-state index in [4.69, 9.17) is 0 Å². The Hall–Kier alpha value is -3.45. The van der Waals surface area contributed by atoms with E-state index >= 15 is 0 Å². The number of thioether (sulfide) groups is 1. The molecular formula is C26H24FN3O2S. The van der Waals surface area contributed by atoms with Gasteiger partial charge in [-0.3, -0.25) is 14.5 Å². The minimum Gasteiger partial charge on any atom is -0.356 e. The summed E-state index contributed by atoms with van der Waals surface area (Å²) in [5.41, 5.74) is 2.66. The largest absolute Gasteiger partial charge is 0.356 e. The summed E-state index contributed by atoms with van der Waals surface area (Å²) in [7, 11) is 0. The van der Waals surface area contributed by atoms with Crippen molar-refractivity contribution >= 4 is 34.4 Å². The molecule has 3 aromatic rings. The third-order valence-electron chi connectivity index (χ3n) is 5.20. The summed E-state index contributed by atoms with van der Waals surface area (Å²) in [5, 5.41) is 2.90. The van der Waals surface area contributed by atoms with Gasteiger partial charge in [0.15, 0.2) is 5.17 Å². The SMILES string of the molecule is O=C(CC1SC(=Nc2ccccc2)N(Cc2ccc(F)cc2)C1=O)NCCc1ccccc1. The number of halogens is 1. The van der Waals surface area contributed by atoms with Crippen molar-refractivity contribution in [3.05, 3.63) is 102 Å². The first-order valence-electron chi connectivity index (χ1n) is 10.8. The van der Waals surface area contributed by atoms with E-state index in [2.05, 4.69) is 10.3 Å². The van der Waals surface area contributed by atoms with Crippen LogP contribution in [-0.4, -0.2) is 33.7 Å². The van der Waals surface area contributed by atoms with Crippen LogP contribution in [0.5, 0.6) is 0 Å². The van der Waals surface area contributed by atoms with Gasteiger partial charge in [0.1, 0.15) is 11.1 Å². The molecule has 0 saturated carbocycles. The van der Waals surface area contributed by atoms with Crippen molar-refractivity contribution < 1.29 is 14.0 Å². The molecule has 1 atom stereocenters. The minimum atomic E-state index is -0.551. The molecule has 1 heterocycles. The fourth-order valence-electron chi connectivity index (χ4n) is 3.49. The van der Waals surface area contributed by atoms with E-state index in [9.17, 15) is 14.0 Å². The molecule has 0 aromatic heterocycles. The van der Waals surface area contributed by atoms with E-state index in [0.29, 0.717) is 11.7 Å². The maximum atomic E-state index is 13.3. The van der Waals surface area contributed by atoms with E-state index in [-0.39, 0.29) is 30.6 Å². The lowest BCUT2D eigenvalue weighted by Gasteiger charge is -2.16. The van der Waals surface area contributed by atoms with Crippen molar-refractivity contribution in [3.63, 3.8) is 0 Å². The Kier molecular flexibility index (Phi) is 7.52. The molecule has 2 amide bonds. The van der Waals surface area contributed by atoms with Crippen LogP contribution in [0, 0.1) is 5.82 Å². The van der Waals surface area contributed by atoms with Crippen LogP contribution in [0.4, 0.5) is 10.1 Å². The number of carbonyl (C=O) groups excluding carboxylic acids is 2. The smallest absolute Gasteiger partial charge is 0.242 e. The quantitative estimate of drug-likeness (QED) is 0.529. The molecule has 5 nitrogen and oxygen atoms in total. The highest BCUT2D eigenvalue weighted by Crippen LogP contribution is 2.32. The number of rotatable bonds is 8. The summed E-state index contributed by atoms with van der Waals surface area (Å²) in [5.74, 6) is -0.666. The molecule has 4 rings (SSSR count). The fourth-order valence-corrected chi connectivity index (χ4v) is 4.64. The first-order valence-corrected chi connectivity index (χ1v) is 11.6. The van der Waals surface area contributed by atoms with E-state index in [1.54, 1.807) is 17.0 Å². The second-order valence-corrected chi connectivity index (χ2v) is 8.85. The number of benzene rings is 3. The molecule has 0 aliphatic carbocycles. The van der Waals surface area contributed by atoms with Gasteiger partial charge in [0.05, 0.1) is 12.2 Å². The van der Waals surface area contributed by atoms with Crippen LogP contribution in [0.1, 0.15) is 17.5 Å². The predicted molar refractivity (Wildman–Crippen MR) is 130 cm³/mol. The summed E-state index contributed by atoms with van der Waals surface area (Å²) in [4.78, 5) is 31.9. The molecule has 1 saturated heterocycles. The molecule has 1 aliphatic rings. The number of hydrogen-bond donors (Lipinski definition) is 1. The normalized spacial score (nSPS) is 16.9. The lowest BCUT2D eigenvalue weighted by molar-refractivity contribution is -0.129. The average molecular weight is 462 g/mol. The second kappa shape index (κ2) is 10.9. The van der Waals surface area contributed by atoms with E-state index < -0.39 is 5.25 Å². The van der Waals surface area contributed by atoms with Crippen LogP contribution in [0.15, 0.2) is 89.9 Å². The Labute approximate surface area is 196 Å². The number of hydrogen-bond acceptors (Lipinski definition) is 4. The van der Waals surface area contributed by atoms with Gasteiger partial charge in [0, 0.05) is 13.0 Å². The maximum Gasteiger partial charge on any atom is 0.242 e. The lowest BCUT2D eigenvalue weighted by atomic mass is 10.1. The summed E-state index contributed by atoms with van der Waals surface area (Å²) >= 11 is 1.29. The van der Waals surface area contributed by atoms with Crippen molar-refractivity contribution in [1.29, 1.82) is 0 Å². The Morgan fingerprint density at radius 1 is 0.939 bits per heavy atom. The second-order valence-electron chi connectivity index (χ2n) is 7.68. The van der Waals surface area contributed by atoms with Crippen molar-refractivity contribution in [1.82, 2.24) is 10.2 Å². The third kappa shape index (κ3) is 6.29. The van der Waals surface area contributed by atoms with E-state index in [1.165, 1.54) is 23.9 Å². The van der Waals surface area contributed by atoms with Gasteiger partial charge in [-0.15, -0.1) is 0 Å². The molecule has 1 fully saturated rings. The van der Waals surface area contributed by atoms with Crippen LogP contribution < -0.4 is 5.32 Å². The summed E-state index contributed by atoms with van der Waals surface area (Å²) in [6.45, 7) is 0.780. The van der Waals surface area contributed by atoms with Crippen LogP contribution in [0.2, 0.25) is 0 Å². The van der Waals surface area contributed by atoms with Crippen LogP contribution in [-0.2, 0) is 22.6 Å². The minimum absolute atomic E-state index is 0.0754. The van der Waals surface area contributed by atoms with Crippen molar-refractivity contribution in [2.45, 2.75) is 24.6 Å². The van der Waals surface area contributed by atoms with Gasteiger partial charge in [-0.05, 0) is 41.8 Å². The van der Waals surface area contributed by atoms with Gasteiger partial charge in [0.2, 0.25) is 11.8 Å². The Bertz CT molecular complexity index is 1120. The zero-order valence-electron chi connectivity index (χ0n) is 18.0. The molecule has 0 radical (unpaired) electrons. The molecule has 168 valence electrons. The average Bonchev–Trinajstić information content (AvgIpc) is 3.10. The van der Waals surface area contributed by atoms with Gasteiger partial charge < -0.3 is 5.32 Å². The van der Waals surface area contributed by atoms with Gasteiger partial charge in [-0.25, -0.2) is 9.38 Å². The molecule has 3 aromatic carbocycles. The highest BCUT2D eigenvalue weighted by atomic mass is 32.2. The Morgan fingerprint density at radius 2 is 1.61 bits per heavy atom. The van der Waals surface area contributed by atoms with Gasteiger partial charge in [-0.2, -0.15) is 0 Å². The van der Waals surface area contributed by atoms with Crippen LogP contribution in [0.25, 0.3) is 0 Å². The van der Waals surface area contributed by atoms with Gasteiger partial charge in [0.25, 0.3) is 0 Å². The standard InChI is InChI=1S/C26H24FN3O2S/c27-21-13-11-20(12-14-21)18-30-25(32)23(33-26(30)29-22-9-5-2-6-10-22)17-24(31)28-16-15-19-7-3-1-4-8-19/h1-14,23H,15-18H2,(H,28,31). The maximum absolute atomic E-state index is 13.3. The van der Waals surface area contributed by atoms with Crippen molar-refractivity contribution in [3.8, 4) is 0 Å². The number of nitrogens with zero attached hydrogens (tertiary/aromatic N) is 2. The summed E-state index contributed by atoms with van der Waals surface area (Å²) in [6.07, 6.45) is 0.807. The van der Waals surface area contributed by atoms with Crippen LogP contribution in [0.3, 0.4) is 0 Å². The van der Waals surface area contributed by atoms with E-state index in [0.717, 1.165) is 23.2 Å². The summed E-state index contributed by atoms with van der Waals surface area (Å²) in [6, 6.07) is 25.3. The third-order valence-corrected chi connectivity index (χ3v) is 6.38. The highest BCUT2D eigenvalue weighted by molar-refractivity contribution is 8.15. The monoisotopic (exact) mass is 461 g/mol. The molecule has 1 unspecified atom stereocenters. The molecule has 1 N–H and O–H groups in total. The van der Waals surface area contributed by atoms with Crippen molar-refractivity contribution in [2.75, 3.05) is 6.54 Å². The number of nitrogens with one attached hydrogen (secondary N) is 1. The van der Waals surface area contributed by atoms with Crippen molar-refractivity contribution in [2.24, 2.45) is 4.99 Å².